The molecule has 1 aromatic carbocycles. The number of rotatable bonds is 15. The van der Waals surface area contributed by atoms with E-state index in [1.807, 2.05) is 13.8 Å². The molecule has 0 bridgehead atoms. The summed E-state index contributed by atoms with van der Waals surface area (Å²) >= 11 is 0. The molecule has 0 radical (unpaired) electrons. The van der Waals surface area contributed by atoms with Crippen LogP contribution in [0.1, 0.15) is 45.1 Å². The van der Waals surface area contributed by atoms with Crippen molar-refractivity contribution in [3.63, 3.8) is 0 Å². The maximum absolute atomic E-state index is 13.1. The van der Waals surface area contributed by atoms with Crippen molar-refractivity contribution in [2.75, 3.05) is 13.1 Å². The van der Waals surface area contributed by atoms with Gasteiger partial charge in [0.25, 0.3) is 0 Å². The minimum absolute atomic E-state index is 0.0417. The first-order valence-corrected chi connectivity index (χ1v) is 11.4. The summed E-state index contributed by atoms with van der Waals surface area (Å²) < 4.78 is 0. The average Bonchev–Trinajstić information content (AvgIpc) is 2.81. The number of carboxylic acids is 1. The van der Waals surface area contributed by atoms with Crippen LogP contribution >= 0.6 is 0 Å². The fourth-order valence-corrected chi connectivity index (χ4v) is 3.18. The Hall–Kier alpha value is -3.18. The van der Waals surface area contributed by atoms with Crippen LogP contribution in [0.25, 0.3) is 0 Å². The topological polar surface area (TPSA) is 197 Å². The lowest BCUT2D eigenvalue weighted by atomic mass is 9.98. The summed E-state index contributed by atoms with van der Waals surface area (Å²) in [5.41, 5.74) is 12.2. The van der Waals surface area contributed by atoms with Crippen LogP contribution in [0.15, 0.2) is 24.3 Å². The summed E-state index contributed by atoms with van der Waals surface area (Å²) in [5.74, 6) is -3.01. The lowest BCUT2D eigenvalue weighted by molar-refractivity contribution is -0.138. The number of carboxylic acid groups (broad SMARTS) is 1. The zero-order valence-corrected chi connectivity index (χ0v) is 19.8. The number of aromatic hydroxyl groups is 1. The molecule has 4 unspecified atom stereocenters. The number of nitrogens with one attached hydrogen (secondary N) is 3. The summed E-state index contributed by atoms with van der Waals surface area (Å²) in [7, 11) is 0. The van der Waals surface area contributed by atoms with Crippen molar-refractivity contribution in [2.45, 2.75) is 64.1 Å². The number of hydrogen-bond donors (Lipinski definition) is 7. The molecule has 0 saturated heterocycles. The van der Waals surface area contributed by atoms with E-state index < -0.39 is 48.4 Å². The van der Waals surface area contributed by atoms with E-state index in [2.05, 4.69) is 16.0 Å². The first-order valence-electron chi connectivity index (χ1n) is 11.4. The van der Waals surface area contributed by atoms with E-state index in [-0.39, 0.29) is 18.1 Å². The van der Waals surface area contributed by atoms with Gasteiger partial charge in [-0.3, -0.25) is 19.2 Å². The van der Waals surface area contributed by atoms with Crippen molar-refractivity contribution in [2.24, 2.45) is 17.4 Å². The number of phenols is 1. The van der Waals surface area contributed by atoms with Gasteiger partial charge in [0.1, 0.15) is 24.4 Å². The summed E-state index contributed by atoms with van der Waals surface area (Å²) in [5, 5.41) is 25.9. The molecular formula is C23H37N5O6. The smallest absolute Gasteiger partial charge is 0.322 e. The minimum Gasteiger partial charge on any atom is -0.508 e. The van der Waals surface area contributed by atoms with Crippen LogP contribution in [0.2, 0.25) is 0 Å². The predicted molar refractivity (Wildman–Crippen MR) is 127 cm³/mol. The Kier molecular flexibility index (Phi) is 12.6. The van der Waals surface area contributed by atoms with Gasteiger partial charge in [-0.2, -0.15) is 0 Å². The standard InChI is InChI=1S/C23H37N5O6/c1-3-14(2)20(25)23(34)27-17(6-4-5-11-24)22(33)28-18(21(32)26-13-19(30)31)12-15-7-9-16(29)10-8-15/h7-10,14,17-18,20,29H,3-6,11-13,24-25H2,1-2H3,(H,26,32)(H,27,34)(H,28,33)(H,30,31). The average molecular weight is 480 g/mol. The highest BCUT2D eigenvalue weighted by molar-refractivity contribution is 5.93. The van der Waals surface area contributed by atoms with E-state index in [4.69, 9.17) is 16.6 Å². The fourth-order valence-electron chi connectivity index (χ4n) is 3.18. The number of hydrogen-bond acceptors (Lipinski definition) is 7. The molecule has 1 aromatic rings. The molecule has 34 heavy (non-hydrogen) atoms. The van der Waals surface area contributed by atoms with Crippen molar-refractivity contribution in [3.8, 4) is 5.75 Å². The second-order valence-corrected chi connectivity index (χ2v) is 8.30. The van der Waals surface area contributed by atoms with Crippen LogP contribution in [0.4, 0.5) is 0 Å². The highest BCUT2D eigenvalue weighted by Gasteiger charge is 2.29. The van der Waals surface area contributed by atoms with Gasteiger partial charge in [-0.25, -0.2) is 0 Å². The second kappa shape index (κ2) is 14.9. The van der Waals surface area contributed by atoms with Crippen LogP contribution in [-0.2, 0) is 25.6 Å². The summed E-state index contributed by atoms with van der Waals surface area (Å²) in [6.07, 6.45) is 2.25. The Balaban J connectivity index is 3.02. The van der Waals surface area contributed by atoms with Gasteiger partial charge in [0.15, 0.2) is 0 Å². The zero-order chi connectivity index (χ0) is 25.7. The second-order valence-electron chi connectivity index (χ2n) is 8.30. The van der Waals surface area contributed by atoms with Gasteiger partial charge in [0.05, 0.1) is 6.04 Å². The van der Waals surface area contributed by atoms with Gasteiger partial charge in [-0.15, -0.1) is 0 Å². The third-order valence-electron chi connectivity index (χ3n) is 5.56. The van der Waals surface area contributed by atoms with E-state index in [0.29, 0.717) is 37.8 Å². The Morgan fingerprint density at radius 1 is 0.971 bits per heavy atom. The number of aliphatic carboxylic acids is 1. The summed E-state index contributed by atoms with van der Waals surface area (Å²) in [6, 6.07) is 3.22. The van der Waals surface area contributed by atoms with Crippen molar-refractivity contribution >= 4 is 23.7 Å². The predicted octanol–water partition coefficient (Wildman–Crippen LogP) is -0.392. The number of amides is 3. The van der Waals surface area contributed by atoms with E-state index in [0.717, 1.165) is 0 Å². The highest BCUT2D eigenvalue weighted by Crippen LogP contribution is 2.12. The van der Waals surface area contributed by atoms with Crippen molar-refractivity contribution in [1.82, 2.24) is 16.0 Å². The van der Waals surface area contributed by atoms with Gasteiger partial charge in [-0.05, 0) is 49.4 Å². The molecule has 0 spiro atoms. The molecule has 0 aliphatic carbocycles. The van der Waals surface area contributed by atoms with Crippen molar-refractivity contribution in [3.05, 3.63) is 29.8 Å². The number of unbranched alkanes of at least 4 members (excludes halogenated alkanes) is 1. The molecule has 4 atom stereocenters. The third-order valence-corrected chi connectivity index (χ3v) is 5.56. The van der Waals surface area contributed by atoms with E-state index in [1.54, 1.807) is 12.1 Å². The van der Waals surface area contributed by atoms with Crippen LogP contribution in [-0.4, -0.2) is 65.1 Å². The minimum atomic E-state index is -1.23. The monoisotopic (exact) mass is 479 g/mol. The van der Waals surface area contributed by atoms with Crippen molar-refractivity contribution < 1.29 is 29.4 Å². The number of carbonyl (C=O) groups is 4. The Morgan fingerprint density at radius 3 is 2.15 bits per heavy atom. The summed E-state index contributed by atoms with van der Waals surface area (Å²) in [6.45, 7) is 3.57. The third kappa shape index (κ3) is 10.2. The molecule has 190 valence electrons. The summed E-state index contributed by atoms with van der Waals surface area (Å²) in [4.78, 5) is 49.2. The molecule has 0 aliphatic heterocycles. The molecule has 3 amide bonds. The molecule has 0 saturated carbocycles. The first-order chi connectivity index (χ1) is 16.1. The van der Waals surface area contributed by atoms with Gasteiger partial charge in [0.2, 0.25) is 17.7 Å². The van der Waals surface area contributed by atoms with E-state index in [1.165, 1.54) is 12.1 Å². The Bertz CT molecular complexity index is 817. The molecule has 0 heterocycles. The largest absolute Gasteiger partial charge is 0.508 e. The highest BCUT2D eigenvalue weighted by atomic mass is 16.4. The molecule has 0 fully saturated rings. The van der Waals surface area contributed by atoms with E-state index >= 15 is 0 Å². The number of benzene rings is 1. The van der Waals surface area contributed by atoms with Gasteiger partial charge < -0.3 is 37.6 Å². The molecular weight excluding hydrogens is 442 g/mol. The molecule has 11 heteroatoms. The Morgan fingerprint density at radius 2 is 1.59 bits per heavy atom. The maximum Gasteiger partial charge on any atom is 0.322 e. The normalized spacial score (nSPS) is 14.4. The Labute approximate surface area is 199 Å². The lowest BCUT2D eigenvalue weighted by Gasteiger charge is -2.25. The van der Waals surface area contributed by atoms with Gasteiger partial charge >= 0.3 is 5.97 Å². The SMILES string of the molecule is CCC(C)C(N)C(=O)NC(CCCCN)C(=O)NC(Cc1ccc(O)cc1)C(=O)NCC(=O)O. The zero-order valence-electron chi connectivity index (χ0n) is 19.8. The van der Waals surface area contributed by atoms with Crippen LogP contribution in [0.5, 0.6) is 5.75 Å². The quantitative estimate of drug-likeness (QED) is 0.165. The molecule has 1 rings (SSSR count). The first kappa shape index (κ1) is 28.9. The molecule has 11 nitrogen and oxygen atoms in total. The van der Waals surface area contributed by atoms with Crippen LogP contribution in [0, 0.1) is 5.92 Å². The lowest BCUT2D eigenvalue weighted by Crippen LogP contribution is -2.57. The number of carbonyl (C=O) groups excluding carboxylic acids is 3. The molecule has 9 N–H and O–H groups in total. The molecule has 0 aliphatic rings. The van der Waals surface area contributed by atoms with Crippen LogP contribution < -0.4 is 27.4 Å². The maximum atomic E-state index is 13.1. The van der Waals surface area contributed by atoms with Gasteiger partial charge in [0, 0.05) is 6.42 Å². The number of nitrogens with two attached hydrogens (primary N) is 2. The van der Waals surface area contributed by atoms with Crippen LogP contribution in [0.3, 0.4) is 0 Å². The fraction of sp³-hybridized carbons (Fsp3) is 0.565. The van der Waals surface area contributed by atoms with Crippen molar-refractivity contribution in [1.29, 1.82) is 0 Å². The number of phenolic OH excluding ortho intramolecular Hbond substituents is 1. The molecule has 0 aromatic heterocycles. The van der Waals surface area contributed by atoms with E-state index in [9.17, 15) is 24.3 Å². The van der Waals surface area contributed by atoms with Gasteiger partial charge in [-0.1, -0.05) is 32.4 Å².